The van der Waals surface area contributed by atoms with Crippen molar-refractivity contribution in [2.75, 3.05) is 13.2 Å². The molecular formula is C28H30N2O5. The van der Waals surface area contributed by atoms with Crippen LogP contribution in [0.1, 0.15) is 55.6 Å². The Labute approximate surface area is 205 Å². The number of benzene rings is 2. The number of fused-ring (bicyclic) bond motifs is 3. The molecule has 0 radical (unpaired) electrons. The Balaban J connectivity index is 1.23. The monoisotopic (exact) mass is 474 g/mol. The number of ether oxygens (including phenoxy) is 1. The average molecular weight is 475 g/mol. The summed E-state index contributed by atoms with van der Waals surface area (Å²) < 4.78 is 5.43. The fourth-order valence-electron chi connectivity index (χ4n) is 5.06. The summed E-state index contributed by atoms with van der Waals surface area (Å²) in [5.41, 5.74) is 4.55. The first-order valence-corrected chi connectivity index (χ1v) is 12.1. The molecule has 2 aromatic carbocycles. The third-order valence-electron chi connectivity index (χ3n) is 6.76. The zero-order chi connectivity index (χ0) is 24.6. The van der Waals surface area contributed by atoms with Crippen LogP contribution in [0, 0.1) is 17.8 Å². The van der Waals surface area contributed by atoms with Gasteiger partial charge in [-0.25, -0.2) is 9.59 Å². The molecule has 1 saturated carbocycles. The lowest BCUT2D eigenvalue weighted by Gasteiger charge is -2.24. The smallest absolute Gasteiger partial charge is 0.407 e. The van der Waals surface area contributed by atoms with Gasteiger partial charge in [-0.15, -0.1) is 0 Å². The highest BCUT2D eigenvalue weighted by molar-refractivity contribution is 5.96. The largest absolute Gasteiger partial charge is 0.480 e. The zero-order valence-corrected chi connectivity index (χ0v) is 19.6. The molecule has 1 fully saturated rings. The third kappa shape index (κ3) is 6.21. The molecule has 1 atom stereocenters. The second-order valence-electron chi connectivity index (χ2n) is 9.08. The van der Waals surface area contributed by atoms with Crippen LogP contribution in [0.4, 0.5) is 4.79 Å². The van der Waals surface area contributed by atoms with Gasteiger partial charge in [0.05, 0.1) is 6.54 Å². The van der Waals surface area contributed by atoms with E-state index < -0.39 is 24.0 Å². The van der Waals surface area contributed by atoms with Crippen molar-refractivity contribution in [2.24, 2.45) is 5.92 Å². The van der Waals surface area contributed by atoms with Crippen molar-refractivity contribution in [3.63, 3.8) is 0 Å². The molecule has 1 unspecified atom stereocenters. The number of hydrogen-bond donors (Lipinski definition) is 3. The average Bonchev–Trinajstić information content (AvgIpc) is 3.19. The predicted molar refractivity (Wildman–Crippen MR) is 132 cm³/mol. The van der Waals surface area contributed by atoms with Crippen molar-refractivity contribution in [3.8, 4) is 23.0 Å². The number of hydrogen-bond acceptors (Lipinski definition) is 4. The molecule has 0 aliphatic heterocycles. The van der Waals surface area contributed by atoms with Gasteiger partial charge in [-0.3, -0.25) is 4.79 Å². The van der Waals surface area contributed by atoms with Gasteiger partial charge in [0.1, 0.15) is 12.6 Å². The molecule has 3 N–H and O–H groups in total. The van der Waals surface area contributed by atoms with Gasteiger partial charge < -0.3 is 20.5 Å². The molecular weight excluding hydrogens is 444 g/mol. The summed E-state index contributed by atoms with van der Waals surface area (Å²) in [7, 11) is 0. The summed E-state index contributed by atoms with van der Waals surface area (Å²) in [6.07, 6.45) is 5.18. The Kier molecular flexibility index (Phi) is 8.04. The van der Waals surface area contributed by atoms with E-state index in [1.807, 2.05) is 36.4 Å². The molecule has 182 valence electrons. The van der Waals surface area contributed by atoms with Crippen molar-refractivity contribution >= 4 is 18.0 Å². The van der Waals surface area contributed by atoms with Gasteiger partial charge in [-0.1, -0.05) is 86.6 Å². The Morgan fingerprint density at radius 3 is 2.23 bits per heavy atom. The van der Waals surface area contributed by atoms with Crippen molar-refractivity contribution < 1.29 is 24.2 Å². The van der Waals surface area contributed by atoms with Crippen LogP contribution >= 0.6 is 0 Å². The quantitative estimate of drug-likeness (QED) is 0.525. The molecule has 0 saturated heterocycles. The van der Waals surface area contributed by atoms with Crippen LogP contribution in [0.3, 0.4) is 0 Å². The molecule has 4 rings (SSSR count). The molecule has 2 aliphatic carbocycles. The zero-order valence-electron chi connectivity index (χ0n) is 19.6. The highest BCUT2D eigenvalue weighted by Crippen LogP contribution is 2.44. The van der Waals surface area contributed by atoms with E-state index >= 15 is 0 Å². The third-order valence-corrected chi connectivity index (χ3v) is 6.76. The van der Waals surface area contributed by atoms with Crippen molar-refractivity contribution in [3.05, 3.63) is 59.7 Å². The van der Waals surface area contributed by atoms with Gasteiger partial charge >= 0.3 is 12.1 Å². The topological polar surface area (TPSA) is 105 Å². The number of nitrogens with one attached hydrogen (secondary N) is 2. The number of aliphatic carboxylic acids is 1. The summed E-state index contributed by atoms with van der Waals surface area (Å²) in [5.74, 6) is 3.46. The van der Waals surface area contributed by atoms with E-state index in [9.17, 15) is 19.5 Å². The standard InChI is InChI=1S/C28H30N2O5/c31-26(30-25(27(32)33)17-19-9-2-1-3-10-19)15-8-16-29-28(34)35-18-24-22-13-6-4-11-20(22)21-12-5-7-14-23(21)24/h4-7,11-14,19,24-25H,1-3,9-10,16-18H2,(H,29,34)(H,30,31)(H,32,33). The van der Waals surface area contributed by atoms with E-state index in [1.54, 1.807) is 0 Å². The van der Waals surface area contributed by atoms with E-state index in [2.05, 4.69) is 34.6 Å². The number of amides is 2. The fraction of sp³-hybridized carbons (Fsp3) is 0.393. The summed E-state index contributed by atoms with van der Waals surface area (Å²) in [6.45, 7) is 0.111. The molecule has 7 nitrogen and oxygen atoms in total. The Morgan fingerprint density at radius 1 is 0.971 bits per heavy atom. The lowest BCUT2D eigenvalue weighted by molar-refractivity contribution is -0.141. The SMILES string of the molecule is O=C(C#CCNC(=O)OCC1c2ccccc2-c2ccccc21)NC(CC1CCCCC1)C(=O)O. The van der Waals surface area contributed by atoms with Crippen LogP contribution in [-0.2, 0) is 14.3 Å². The van der Waals surface area contributed by atoms with Crippen LogP contribution in [0.15, 0.2) is 48.5 Å². The first kappa shape index (κ1) is 24.3. The molecule has 0 bridgehead atoms. The molecule has 2 aromatic rings. The van der Waals surface area contributed by atoms with Crippen LogP contribution in [0.5, 0.6) is 0 Å². The Morgan fingerprint density at radius 2 is 1.60 bits per heavy atom. The maximum atomic E-state index is 12.2. The van der Waals surface area contributed by atoms with Crippen LogP contribution < -0.4 is 10.6 Å². The van der Waals surface area contributed by atoms with Gasteiger partial charge in [0, 0.05) is 5.92 Å². The van der Waals surface area contributed by atoms with Crippen LogP contribution in [-0.4, -0.2) is 42.3 Å². The molecule has 35 heavy (non-hydrogen) atoms. The van der Waals surface area contributed by atoms with Gasteiger partial charge in [0.25, 0.3) is 5.91 Å². The molecule has 0 heterocycles. The summed E-state index contributed by atoms with van der Waals surface area (Å²) in [5, 5.41) is 14.4. The van der Waals surface area contributed by atoms with Gasteiger partial charge in [0.15, 0.2) is 0 Å². The maximum Gasteiger partial charge on any atom is 0.407 e. The van der Waals surface area contributed by atoms with Crippen LogP contribution in [0.25, 0.3) is 11.1 Å². The summed E-state index contributed by atoms with van der Waals surface area (Å²) in [4.78, 5) is 35.8. The maximum absolute atomic E-state index is 12.2. The van der Waals surface area contributed by atoms with E-state index in [0.717, 1.165) is 47.9 Å². The first-order chi connectivity index (χ1) is 17.0. The van der Waals surface area contributed by atoms with E-state index in [-0.39, 0.29) is 19.1 Å². The van der Waals surface area contributed by atoms with Crippen molar-refractivity contribution in [1.82, 2.24) is 10.6 Å². The molecule has 0 spiro atoms. The lowest BCUT2D eigenvalue weighted by Crippen LogP contribution is -2.41. The normalized spacial score (nSPS) is 15.7. The predicted octanol–water partition coefficient (Wildman–Crippen LogP) is 4.07. The summed E-state index contributed by atoms with van der Waals surface area (Å²) in [6, 6.07) is 15.2. The molecule has 2 aliphatic rings. The number of carbonyl (C=O) groups excluding carboxylic acids is 2. The Hall–Kier alpha value is -3.79. The van der Waals surface area contributed by atoms with Gasteiger partial charge in [0.2, 0.25) is 0 Å². The molecule has 2 amide bonds. The number of carbonyl (C=O) groups is 3. The highest BCUT2D eigenvalue weighted by Gasteiger charge is 2.29. The fourth-order valence-corrected chi connectivity index (χ4v) is 5.06. The Bertz CT molecular complexity index is 1100. The molecule has 7 heteroatoms. The van der Waals surface area contributed by atoms with Gasteiger partial charge in [-0.05, 0) is 40.5 Å². The highest BCUT2D eigenvalue weighted by atomic mass is 16.5. The van der Waals surface area contributed by atoms with E-state index in [4.69, 9.17) is 4.74 Å². The lowest BCUT2D eigenvalue weighted by atomic mass is 9.85. The van der Waals surface area contributed by atoms with E-state index in [1.165, 1.54) is 6.42 Å². The second-order valence-corrected chi connectivity index (χ2v) is 9.08. The second kappa shape index (κ2) is 11.6. The number of alkyl carbamates (subject to hydrolysis) is 1. The minimum atomic E-state index is -1.05. The molecule has 0 aromatic heterocycles. The summed E-state index contributed by atoms with van der Waals surface area (Å²) >= 11 is 0. The van der Waals surface area contributed by atoms with E-state index in [0.29, 0.717) is 12.3 Å². The number of carboxylic acid groups (broad SMARTS) is 1. The number of carboxylic acids is 1. The minimum Gasteiger partial charge on any atom is -0.480 e. The van der Waals surface area contributed by atoms with Gasteiger partial charge in [-0.2, -0.15) is 0 Å². The number of rotatable bonds is 7. The first-order valence-electron chi connectivity index (χ1n) is 12.1. The van der Waals surface area contributed by atoms with Crippen molar-refractivity contribution in [1.29, 1.82) is 0 Å². The van der Waals surface area contributed by atoms with Crippen molar-refractivity contribution in [2.45, 2.75) is 50.5 Å². The minimum absolute atomic E-state index is 0.0397. The van der Waals surface area contributed by atoms with Crippen LogP contribution in [0.2, 0.25) is 0 Å².